The van der Waals surface area contributed by atoms with Crippen molar-refractivity contribution in [3.8, 4) is 0 Å². The number of amides is 2. The van der Waals surface area contributed by atoms with E-state index in [9.17, 15) is 9.59 Å². The van der Waals surface area contributed by atoms with Gasteiger partial charge in [0.25, 0.3) is 0 Å². The van der Waals surface area contributed by atoms with E-state index in [1.54, 1.807) is 6.92 Å². The van der Waals surface area contributed by atoms with Gasteiger partial charge in [0.1, 0.15) is 6.04 Å². The summed E-state index contributed by atoms with van der Waals surface area (Å²) in [5.41, 5.74) is 1.05. The van der Waals surface area contributed by atoms with Crippen LogP contribution in [0.2, 0.25) is 0 Å². The molecule has 1 fully saturated rings. The summed E-state index contributed by atoms with van der Waals surface area (Å²) in [4.78, 5) is 28.2. The Hall–Kier alpha value is -1.63. The Morgan fingerprint density at radius 1 is 1.48 bits per heavy atom. The van der Waals surface area contributed by atoms with Crippen molar-refractivity contribution in [3.63, 3.8) is 0 Å². The lowest BCUT2D eigenvalue weighted by molar-refractivity contribution is -0.119. The molecule has 1 aliphatic carbocycles. The van der Waals surface area contributed by atoms with Gasteiger partial charge in [-0.05, 0) is 25.7 Å². The number of thiazole rings is 1. The van der Waals surface area contributed by atoms with E-state index in [0.717, 1.165) is 5.69 Å². The molecule has 1 saturated carbocycles. The van der Waals surface area contributed by atoms with Gasteiger partial charge in [-0.15, -0.1) is 11.3 Å². The molecule has 2 N–H and O–H groups in total. The molecule has 0 aromatic carbocycles. The largest absolute Gasteiger partial charge is 0.450 e. The molecule has 1 aromatic rings. The molecule has 0 aliphatic heterocycles. The van der Waals surface area contributed by atoms with E-state index >= 15 is 0 Å². The molecule has 2 rings (SSSR count). The summed E-state index contributed by atoms with van der Waals surface area (Å²) in [5, 5.41) is 7.92. The van der Waals surface area contributed by atoms with E-state index in [-0.39, 0.29) is 18.4 Å². The van der Waals surface area contributed by atoms with Crippen LogP contribution in [0.15, 0.2) is 5.38 Å². The van der Waals surface area contributed by atoms with E-state index in [2.05, 4.69) is 15.6 Å². The molecule has 1 atom stereocenters. The first-order valence-electron chi connectivity index (χ1n) is 7.20. The Labute approximate surface area is 128 Å². The average Bonchev–Trinajstić information content (AvgIpc) is 3.17. The van der Waals surface area contributed by atoms with Crippen LogP contribution in [0, 0.1) is 5.92 Å². The van der Waals surface area contributed by atoms with Gasteiger partial charge < -0.3 is 15.4 Å². The van der Waals surface area contributed by atoms with Crippen LogP contribution in [0.5, 0.6) is 0 Å². The van der Waals surface area contributed by atoms with Crippen molar-refractivity contribution in [2.75, 3.05) is 11.9 Å². The van der Waals surface area contributed by atoms with Crippen LogP contribution >= 0.6 is 11.3 Å². The molecular weight excluding hydrogens is 290 g/mol. The van der Waals surface area contributed by atoms with Gasteiger partial charge in [0.05, 0.1) is 12.3 Å². The quantitative estimate of drug-likeness (QED) is 0.846. The lowest BCUT2D eigenvalue weighted by atomic mass is 10.0. The highest BCUT2D eigenvalue weighted by atomic mass is 32.1. The van der Waals surface area contributed by atoms with Gasteiger partial charge in [0, 0.05) is 11.3 Å². The monoisotopic (exact) mass is 311 g/mol. The topological polar surface area (TPSA) is 80.3 Å². The zero-order valence-corrected chi connectivity index (χ0v) is 13.3. The zero-order chi connectivity index (χ0) is 15.4. The molecule has 116 valence electrons. The number of carbonyl (C=O) groups is 2. The SMILES string of the molecule is CCOC(=O)N[C@H](C(=O)Nc1nc(C2CC2)cs1)C(C)C. The Morgan fingerprint density at radius 2 is 2.19 bits per heavy atom. The summed E-state index contributed by atoms with van der Waals surface area (Å²) in [7, 11) is 0. The number of aromatic nitrogens is 1. The van der Waals surface area contributed by atoms with E-state index in [0.29, 0.717) is 11.0 Å². The van der Waals surface area contributed by atoms with Crippen LogP contribution in [0.4, 0.5) is 9.93 Å². The van der Waals surface area contributed by atoms with Gasteiger partial charge in [-0.2, -0.15) is 0 Å². The van der Waals surface area contributed by atoms with Crippen molar-refractivity contribution in [1.82, 2.24) is 10.3 Å². The minimum absolute atomic E-state index is 0.0442. The molecule has 21 heavy (non-hydrogen) atoms. The fraction of sp³-hybridized carbons (Fsp3) is 0.643. The third-order valence-corrected chi connectivity index (χ3v) is 4.02. The highest BCUT2D eigenvalue weighted by molar-refractivity contribution is 7.13. The fourth-order valence-electron chi connectivity index (χ4n) is 1.93. The number of hydrogen-bond acceptors (Lipinski definition) is 5. The highest BCUT2D eigenvalue weighted by Crippen LogP contribution is 2.40. The van der Waals surface area contributed by atoms with Gasteiger partial charge in [-0.1, -0.05) is 13.8 Å². The molecule has 0 bridgehead atoms. The van der Waals surface area contributed by atoms with Crippen LogP contribution in [-0.2, 0) is 9.53 Å². The Morgan fingerprint density at radius 3 is 2.76 bits per heavy atom. The summed E-state index contributed by atoms with van der Waals surface area (Å²) >= 11 is 1.42. The Kier molecular flexibility index (Phi) is 5.17. The third-order valence-electron chi connectivity index (χ3n) is 3.25. The number of nitrogens with zero attached hydrogens (tertiary/aromatic N) is 1. The maximum absolute atomic E-state index is 12.3. The molecule has 6 nitrogen and oxygen atoms in total. The van der Waals surface area contributed by atoms with E-state index in [1.165, 1.54) is 24.2 Å². The average molecular weight is 311 g/mol. The maximum atomic E-state index is 12.3. The molecule has 2 amide bonds. The first-order chi connectivity index (χ1) is 10.0. The van der Waals surface area contributed by atoms with Crippen molar-refractivity contribution in [3.05, 3.63) is 11.1 Å². The normalized spacial score (nSPS) is 15.6. The van der Waals surface area contributed by atoms with E-state index in [4.69, 9.17) is 4.74 Å². The van der Waals surface area contributed by atoms with Gasteiger partial charge in [0.15, 0.2) is 5.13 Å². The predicted octanol–water partition coefficient (Wildman–Crippen LogP) is 2.73. The summed E-state index contributed by atoms with van der Waals surface area (Å²) in [6.07, 6.45) is 1.77. The number of alkyl carbamates (subject to hydrolysis) is 1. The van der Waals surface area contributed by atoms with E-state index < -0.39 is 12.1 Å². The Balaban J connectivity index is 1.95. The van der Waals surface area contributed by atoms with Gasteiger partial charge in [0.2, 0.25) is 5.91 Å². The molecule has 0 unspecified atom stereocenters. The van der Waals surface area contributed by atoms with Crippen molar-refractivity contribution >= 4 is 28.5 Å². The molecule has 1 aromatic heterocycles. The first-order valence-corrected chi connectivity index (χ1v) is 8.08. The second-order valence-electron chi connectivity index (χ2n) is 5.43. The minimum atomic E-state index is -0.641. The maximum Gasteiger partial charge on any atom is 0.407 e. The van der Waals surface area contributed by atoms with Gasteiger partial charge in [-0.25, -0.2) is 9.78 Å². The van der Waals surface area contributed by atoms with Crippen molar-refractivity contribution in [2.24, 2.45) is 5.92 Å². The van der Waals surface area contributed by atoms with Crippen LogP contribution in [0.25, 0.3) is 0 Å². The lowest BCUT2D eigenvalue weighted by Crippen LogP contribution is -2.47. The smallest absolute Gasteiger partial charge is 0.407 e. The standard InChI is InChI=1S/C14H21N3O3S/c1-4-20-14(19)16-11(8(2)3)12(18)17-13-15-10(7-21-13)9-5-6-9/h7-9,11H,4-6H2,1-3H3,(H,16,19)(H,15,17,18)/t11-/m0/s1. The van der Waals surface area contributed by atoms with Crippen LogP contribution < -0.4 is 10.6 Å². The fourth-order valence-corrected chi connectivity index (χ4v) is 2.72. The number of rotatable bonds is 6. The van der Waals surface area contributed by atoms with Crippen LogP contribution in [-0.4, -0.2) is 29.6 Å². The van der Waals surface area contributed by atoms with Gasteiger partial charge in [-0.3, -0.25) is 4.79 Å². The Bertz CT molecular complexity index is 511. The van der Waals surface area contributed by atoms with Gasteiger partial charge >= 0.3 is 6.09 Å². The molecule has 0 spiro atoms. The third kappa shape index (κ3) is 4.42. The summed E-state index contributed by atoms with van der Waals surface area (Å²) in [6.45, 7) is 5.73. The number of ether oxygens (including phenoxy) is 1. The van der Waals surface area contributed by atoms with Crippen molar-refractivity contribution < 1.29 is 14.3 Å². The number of nitrogens with one attached hydrogen (secondary N) is 2. The molecular formula is C14H21N3O3S. The summed E-state index contributed by atoms with van der Waals surface area (Å²) < 4.78 is 4.82. The molecule has 1 aliphatic rings. The number of anilines is 1. The number of carbonyl (C=O) groups excluding carboxylic acids is 2. The number of hydrogen-bond donors (Lipinski definition) is 2. The van der Waals surface area contributed by atoms with E-state index in [1.807, 2.05) is 19.2 Å². The molecule has 0 saturated heterocycles. The van der Waals surface area contributed by atoms with Crippen molar-refractivity contribution in [1.29, 1.82) is 0 Å². The zero-order valence-electron chi connectivity index (χ0n) is 12.5. The summed E-state index contributed by atoms with van der Waals surface area (Å²) in [6, 6.07) is -0.641. The molecule has 7 heteroatoms. The second-order valence-corrected chi connectivity index (χ2v) is 6.29. The summed E-state index contributed by atoms with van der Waals surface area (Å²) in [5.74, 6) is 0.248. The first kappa shape index (κ1) is 15.8. The lowest BCUT2D eigenvalue weighted by Gasteiger charge is -2.20. The van der Waals surface area contributed by atoms with Crippen LogP contribution in [0.1, 0.15) is 45.2 Å². The predicted molar refractivity (Wildman–Crippen MR) is 81.5 cm³/mol. The minimum Gasteiger partial charge on any atom is -0.450 e. The van der Waals surface area contributed by atoms with Crippen molar-refractivity contribution in [2.45, 2.75) is 45.6 Å². The molecule has 0 radical (unpaired) electrons. The van der Waals surface area contributed by atoms with Crippen LogP contribution in [0.3, 0.4) is 0 Å². The molecule has 1 heterocycles. The second kappa shape index (κ2) is 6.89. The highest BCUT2D eigenvalue weighted by Gasteiger charge is 2.28.